The van der Waals surface area contributed by atoms with E-state index in [1.807, 2.05) is 44.2 Å². The molecule has 6 heteroatoms. The maximum atomic E-state index is 5.93. The minimum Gasteiger partial charge on any atom is -0.334 e. The van der Waals surface area contributed by atoms with E-state index in [0.717, 1.165) is 38.3 Å². The molecule has 5 N–H and O–H groups in total. The molecular weight excluding hydrogens is 292 g/mol. The fraction of sp³-hybridized carbons (Fsp3) is 0.647. The predicted molar refractivity (Wildman–Crippen MR) is 94.2 cm³/mol. The maximum absolute atomic E-state index is 5.93. The minimum atomic E-state index is -0.885. The topological polar surface area (TPSA) is 80.6 Å². The van der Waals surface area contributed by atoms with Gasteiger partial charge in [-0.15, -0.1) is 0 Å². The SMILES string of the molecule is CCOC(NCCNCCNCCN)(OCC)c1ccccc1. The summed E-state index contributed by atoms with van der Waals surface area (Å²) in [6.45, 7) is 10.00. The van der Waals surface area contributed by atoms with E-state index in [0.29, 0.717) is 19.8 Å². The third-order valence-electron chi connectivity index (χ3n) is 3.31. The highest BCUT2D eigenvalue weighted by molar-refractivity contribution is 5.19. The van der Waals surface area contributed by atoms with Crippen LogP contribution in [0.5, 0.6) is 0 Å². The van der Waals surface area contributed by atoms with E-state index in [1.165, 1.54) is 0 Å². The second-order valence-electron chi connectivity index (χ2n) is 5.06. The number of hydrogen-bond donors (Lipinski definition) is 4. The molecule has 0 aliphatic rings. The van der Waals surface area contributed by atoms with E-state index in [-0.39, 0.29) is 0 Å². The summed E-state index contributed by atoms with van der Waals surface area (Å²) in [5.41, 5.74) is 6.41. The molecule has 0 heterocycles. The summed E-state index contributed by atoms with van der Waals surface area (Å²) >= 11 is 0. The highest BCUT2D eigenvalue weighted by Gasteiger charge is 2.32. The van der Waals surface area contributed by atoms with E-state index < -0.39 is 5.91 Å². The fourth-order valence-corrected chi connectivity index (χ4v) is 2.32. The molecule has 0 aromatic heterocycles. The third-order valence-corrected chi connectivity index (χ3v) is 3.31. The summed E-state index contributed by atoms with van der Waals surface area (Å²) in [6.07, 6.45) is 0. The zero-order valence-electron chi connectivity index (χ0n) is 14.4. The van der Waals surface area contributed by atoms with E-state index >= 15 is 0 Å². The molecule has 1 aromatic carbocycles. The molecule has 0 fully saturated rings. The minimum absolute atomic E-state index is 0.568. The molecule has 0 radical (unpaired) electrons. The average molecular weight is 324 g/mol. The molecule has 0 saturated heterocycles. The Morgan fingerprint density at radius 2 is 1.43 bits per heavy atom. The van der Waals surface area contributed by atoms with Gasteiger partial charge in [0.1, 0.15) is 0 Å². The van der Waals surface area contributed by atoms with Crippen molar-refractivity contribution in [1.29, 1.82) is 0 Å². The van der Waals surface area contributed by atoms with Crippen molar-refractivity contribution >= 4 is 0 Å². The Morgan fingerprint density at radius 1 is 0.870 bits per heavy atom. The number of rotatable bonds is 14. The first-order chi connectivity index (χ1) is 11.3. The van der Waals surface area contributed by atoms with Crippen molar-refractivity contribution in [1.82, 2.24) is 16.0 Å². The third kappa shape index (κ3) is 7.39. The van der Waals surface area contributed by atoms with Crippen LogP contribution in [0.15, 0.2) is 30.3 Å². The van der Waals surface area contributed by atoms with Crippen molar-refractivity contribution < 1.29 is 9.47 Å². The summed E-state index contributed by atoms with van der Waals surface area (Å²) in [7, 11) is 0. The van der Waals surface area contributed by atoms with Gasteiger partial charge in [0.2, 0.25) is 0 Å². The van der Waals surface area contributed by atoms with Gasteiger partial charge >= 0.3 is 0 Å². The fourth-order valence-electron chi connectivity index (χ4n) is 2.32. The molecule has 6 nitrogen and oxygen atoms in total. The van der Waals surface area contributed by atoms with Crippen LogP contribution in [0, 0.1) is 0 Å². The van der Waals surface area contributed by atoms with Crippen molar-refractivity contribution in [3.8, 4) is 0 Å². The van der Waals surface area contributed by atoms with Gasteiger partial charge < -0.3 is 25.8 Å². The molecule has 0 bridgehead atoms. The molecule has 23 heavy (non-hydrogen) atoms. The second kappa shape index (κ2) is 12.4. The number of hydrogen-bond acceptors (Lipinski definition) is 6. The normalized spacial score (nSPS) is 11.8. The van der Waals surface area contributed by atoms with Crippen LogP contribution in [0.1, 0.15) is 19.4 Å². The van der Waals surface area contributed by atoms with Gasteiger partial charge in [0, 0.05) is 58.0 Å². The van der Waals surface area contributed by atoms with Crippen molar-refractivity contribution in [3.05, 3.63) is 35.9 Å². The molecule has 132 valence electrons. The van der Waals surface area contributed by atoms with E-state index in [1.54, 1.807) is 0 Å². The Hall–Kier alpha value is -1.02. The molecule has 0 atom stereocenters. The van der Waals surface area contributed by atoms with Gasteiger partial charge in [0.05, 0.1) is 0 Å². The van der Waals surface area contributed by atoms with Crippen molar-refractivity contribution in [2.24, 2.45) is 5.73 Å². The second-order valence-corrected chi connectivity index (χ2v) is 5.06. The van der Waals surface area contributed by atoms with Crippen molar-refractivity contribution in [2.75, 3.05) is 52.5 Å². The quantitative estimate of drug-likeness (QED) is 0.296. The van der Waals surface area contributed by atoms with Gasteiger partial charge in [-0.1, -0.05) is 30.3 Å². The Bertz CT molecular complexity index is 383. The van der Waals surface area contributed by atoms with Crippen molar-refractivity contribution in [2.45, 2.75) is 19.8 Å². The van der Waals surface area contributed by atoms with Crippen molar-refractivity contribution in [3.63, 3.8) is 0 Å². The number of nitrogens with one attached hydrogen (secondary N) is 3. The van der Waals surface area contributed by atoms with Crippen LogP contribution in [0.3, 0.4) is 0 Å². The molecule has 0 unspecified atom stereocenters. The molecule has 0 amide bonds. The Kier molecular flexibility index (Phi) is 10.8. The van der Waals surface area contributed by atoms with Crippen LogP contribution in [0.4, 0.5) is 0 Å². The summed E-state index contributed by atoms with van der Waals surface area (Å²) in [5.74, 6) is -0.885. The standard InChI is InChI=1S/C17H32N4O2/c1-3-22-17(23-4-2,16-8-6-5-7-9-16)21-15-14-20-13-12-19-11-10-18/h5-9,19-21H,3-4,10-15,18H2,1-2H3. The van der Waals surface area contributed by atoms with Gasteiger partial charge in [-0.05, 0) is 13.8 Å². The van der Waals surface area contributed by atoms with Gasteiger partial charge in [-0.25, -0.2) is 0 Å². The summed E-state index contributed by atoms with van der Waals surface area (Å²) < 4.78 is 11.9. The number of nitrogens with two attached hydrogens (primary N) is 1. The molecule has 1 rings (SSSR count). The molecule has 0 aliphatic heterocycles. The molecule has 0 saturated carbocycles. The lowest BCUT2D eigenvalue weighted by Crippen LogP contribution is -2.49. The Labute approximate surface area is 140 Å². The van der Waals surface area contributed by atoms with Crippen LogP contribution in [0.2, 0.25) is 0 Å². The van der Waals surface area contributed by atoms with Gasteiger partial charge in [0.15, 0.2) is 0 Å². The Morgan fingerprint density at radius 3 is 2.00 bits per heavy atom. The zero-order chi connectivity index (χ0) is 16.8. The maximum Gasteiger partial charge on any atom is 0.255 e. The van der Waals surface area contributed by atoms with E-state index in [9.17, 15) is 0 Å². The van der Waals surface area contributed by atoms with Crippen LogP contribution < -0.4 is 21.7 Å². The molecular formula is C17H32N4O2. The van der Waals surface area contributed by atoms with Crippen LogP contribution >= 0.6 is 0 Å². The smallest absolute Gasteiger partial charge is 0.255 e. The summed E-state index contributed by atoms with van der Waals surface area (Å²) in [6, 6.07) is 10.0. The average Bonchev–Trinajstić information content (AvgIpc) is 2.58. The Balaban J connectivity index is 2.47. The summed E-state index contributed by atoms with van der Waals surface area (Å²) in [4.78, 5) is 0. The predicted octanol–water partition coefficient (Wildman–Crippen LogP) is 0.597. The lowest BCUT2D eigenvalue weighted by molar-refractivity contribution is -0.262. The highest BCUT2D eigenvalue weighted by atomic mass is 16.7. The van der Waals surface area contributed by atoms with Gasteiger partial charge in [-0.2, -0.15) is 0 Å². The van der Waals surface area contributed by atoms with Gasteiger partial charge in [0.25, 0.3) is 5.91 Å². The van der Waals surface area contributed by atoms with E-state index in [2.05, 4.69) is 16.0 Å². The monoisotopic (exact) mass is 324 g/mol. The zero-order valence-corrected chi connectivity index (χ0v) is 14.4. The van der Waals surface area contributed by atoms with Crippen LogP contribution in [0.25, 0.3) is 0 Å². The van der Waals surface area contributed by atoms with E-state index in [4.69, 9.17) is 15.2 Å². The van der Waals surface area contributed by atoms with Crippen LogP contribution in [-0.2, 0) is 15.4 Å². The van der Waals surface area contributed by atoms with Gasteiger partial charge in [-0.3, -0.25) is 5.32 Å². The first-order valence-electron chi connectivity index (χ1n) is 8.49. The lowest BCUT2D eigenvalue weighted by Gasteiger charge is -2.34. The molecule has 0 aliphatic carbocycles. The number of ether oxygens (including phenoxy) is 2. The first-order valence-corrected chi connectivity index (χ1v) is 8.49. The summed E-state index contributed by atoms with van der Waals surface area (Å²) in [5, 5.41) is 10.0. The lowest BCUT2D eigenvalue weighted by atomic mass is 10.1. The number of benzene rings is 1. The van der Waals surface area contributed by atoms with Crippen LogP contribution in [-0.4, -0.2) is 52.5 Å². The molecule has 0 spiro atoms. The largest absolute Gasteiger partial charge is 0.334 e. The highest BCUT2D eigenvalue weighted by Crippen LogP contribution is 2.24. The first kappa shape index (κ1) is 20.0. The molecule has 1 aromatic rings.